The third kappa shape index (κ3) is 9.35. The van der Waals surface area contributed by atoms with Crippen LogP contribution in [0.15, 0.2) is 0 Å². The van der Waals surface area contributed by atoms with Crippen molar-refractivity contribution in [2.45, 2.75) is 127 Å². The Morgan fingerprint density at radius 3 is 1.83 bits per heavy atom. The van der Waals surface area contributed by atoms with Crippen molar-refractivity contribution in [1.82, 2.24) is 0 Å². The van der Waals surface area contributed by atoms with Gasteiger partial charge in [0.05, 0.1) is 0 Å². The normalized spacial score (nSPS) is 27.0. The van der Waals surface area contributed by atoms with Crippen molar-refractivity contribution in [3.8, 4) is 0 Å². The highest BCUT2D eigenvalue weighted by Gasteiger charge is 2.32. The molecule has 7 unspecified atom stereocenters. The second kappa shape index (κ2) is 13.4. The van der Waals surface area contributed by atoms with Crippen molar-refractivity contribution >= 4 is 0 Å². The standard InChI is InChI=1S/C29H58/c1-11-26-17-23(8)18-27(26)14-12-13-24(9)28(16-15-20(2)3)29(22(6)7)19-25(10)21(4)5/h20-29H,11-19H2,1-10H3. The van der Waals surface area contributed by atoms with Gasteiger partial charge in [-0.1, -0.05) is 101 Å². The van der Waals surface area contributed by atoms with Gasteiger partial charge in [-0.05, 0) is 84.9 Å². The van der Waals surface area contributed by atoms with Crippen molar-refractivity contribution in [3.63, 3.8) is 0 Å². The zero-order valence-corrected chi connectivity index (χ0v) is 22.1. The smallest absolute Gasteiger partial charge is 0.0357 e. The fourth-order valence-corrected chi connectivity index (χ4v) is 6.37. The Labute approximate surface area is 186 Å². The molecule has 0 heterocycles. The van der Waals surface area contributed by atoms with E-state index in [1.54, 1.807) is 0 Å². The Kier molecular flexibility index (Phi) is 12.5. The summed E-state index contributed by atoms with van der Waals surface area (Å²) in [5.41, 5.74) is 0. The predicted molar refractivity (Wildman–Crippen MR) is 133 cm³/mol. The van der Waals surface area contributed by atoms with Crippen molar-refractivity contribution in [1.29, 1.82) is 0 Å². The molecule has 1 aliphatic carbocycles. The first-order chi connectivity index (χ1) is 13.6. The Morgan fingerprint density at radius 2 is 1.31 bits per heavy atom. The van der Waals surface area contributed by atoms with E-state index in [9.17, 15) is 0 Å². The molecule has 0 aromatic carbocycles. The highest BCUT2D eigenvalue weighted by Crippen LogP contribution is 2.43. The highest BCUT2D eigenvalue weighted by atomic mass is 14.4. The fourth-order valence-electron chi connectivity index (χ4n) is 6.37. The third-order valence-electron chi connectivity index (χ3n) is 8.83. The third-order valence-corrected chi connectivity index (χ3v) is 8.83. The van der Waals surface area contributed by atoms with Crippen LogP contribution >= 0.6 is 0 Å². The topological polar surface area (TPSA) is 0 Å². The summed E-state index contributed by atoms with van der Waals surface area (Å²) in [6.07, 6.45) is 13.1. The van der Waals surface area contributed by atoms with Crippen LogP contribution in [0.1, 0.15) is 127 Å². The minimum Gasteiger partial charge on any atom is -0.0651 e. The van der Waals surface area contributed by atoms with E-state index in [0.717, 1.165) is 59.2 Å². The molecule has 0 nitrogen and oxygen atoms in total. The summed E-state index contributed by atoms with van der Waals surface area (Å²) in [5, 5.41) is 0. The second-order valence-electron chi connectivity index (χ2n) is 12.4. The van der Waals surface area contributed by atoms with E-state index in [1.807, 2.05) is 0 Å². The summed E-state index contributed by atoms with van der Waals surface area (Å²) >= 11 is 0. The predicted octanol–water partition coefficient (Wildman–Crippen LogP) is 9.87. The molecule has 0 spiro atoms. The van der Waals surface area contributed by atoms with Gasteiger partial charge in [0, 0.05) is 0 Å². The number of hydrogen-bond donors (Lipinski definition) is 0. The van der Waals surface area contributed by atoms with Crippen LogP contribution in [0.5, 0.6) is 0 Å². The van der Waals surface area contributed by atoms with Gasteiger partial charge in [0.2, 0.25) is 0 Å². The molecule has 29 heavy (non-hydrogen) atoms. The lowest BCUT2D eigenvalue weighted by Gasteiger charge is -2.38. The summed E-state index contributed by atoms with van der Waals surface area (Å²) in [4.78, 5) is 0. The first kappa shape index (κ1) is 27.0. The van der Waals surface area contributed by atoms with E-state index < -0.39 is 0 Å². The fraction of sp³-hybridized carbons (Fsp3) is 1.00. The lowest BCUT2D eigenvalue weighted by molar-refractivity contribution is 0.122. The molecule has 0 aliphatic heterocycles. The van der Waals surface area contributed by atoms with Crippen LogP contribution in [-0.4, -0.2) is 0 Å². The number of rotatable bonds is 14. The molecule has 1 aliphatic rings. The van der Waals surface area contributed by atoms with Crippen LogP contribution in [0.2, 0.25) is 0 Å². The molecule has 0 N–H and O–H groups in total. The zero-order chi connectivity index (χ0) is 22.1. The molecule has 0 bridgehead atoms. The average molecular weight is 407 g/mol. The van der Waals surface area contributed by atoms with Gasteiger partial charge < -0.3 is 0 Å². The lowest BCUT2D eigenvalue weighted by atomic mass is 9.68. The summed E-state index contributed by atoms with van der Waals surface area (Å²) in [6, 6.07) is 0. The van der Waals surface area contributed by atoms with Crippen molar-refractivity contribution < 1.29 is 0 Å². The molecule has 7 atom stereocenters. The van der Waals surface area contributed by atoms with Gasteiger partial charge in [0.1, 0.15) is 0 Å². The maximum atomic E-state index is 2.61. The molecule has 174 valence electrons. The van der Waals surface area contributed by atoms with E-state index in [0.29, 0.717) is 0 Å². The van der Waals surface area contributed by atoms with Crippen LogP contribution in [-0.2, 0) is 0 Å². The number of hydrogen-bond acceptors (Lipinski definition) is 0. The largest absolute Gasteiger partial charge is 0.0651 e. The van der Waals surface area contributed by atoms with Gasteiger partial charge >= 0.3 is 0 Å². The maximum absolute atomic E-state index is 2.61. The van der Waals surface area contributed by atoms with Crippen LogP contribution in [0.3, 0.4) is 0 Å². The molecule has 1 fully saturated rings. The molecular weight excluding hydrogens is 348 g/mol. The van der Waals surface area contributed by atoms with Crippen LogP contribution in [0, 0.1) is 59.2 Å². The van der Waals surface area contributed by atoms with Gasteiger partial charge in [0.25, 0.3) is 0 Å². The van der Waals surface area contributed by atoms with Crippen LogP contribution in [0.25, 0.3) is 0 Å². The Bertz CT molecular complexity index is 406. The SMILES string of the molecule is CCC1CC(C)CC1CCCC(C)C(CCC(C)C)C(CC(C)C(C)C)C(C)C. The zero-order valence-electron chi connectivity index (χ0n) is 22.1. The average Bonchev–Trinajstić information content (AvgIpc) is 2.99. The first-order valence-electron chi connectivity index (χ1n) is 13.6. The first-order valence-corrected chi connectivity index (χ1v) is 13.6. The molecule has 0 radical (unpaired) electrons. The van der Waals surface area contributed by atoms with Crippen molar-refractivity contribution in [3.05, 3.63) is 0 Å². The summed E-state index contributed by atoms with van der Waals surface area (Å²) in [5.74, 6) is 9.04. The molecule has 0 saturated heterocycles. The van der Waals surface area contributed by atoms with E-state index in [4.69, 9.17) is 0 Å². The van der Waals surface area contributed by atoms with Gasteiger partial charge in [-0.2, -0.15) is 0 Å². The van der Waals surface area contributed by atoms with Crippen molar-refractivity contribution in [2.75, 3.05) is 0 Å². The second-order valence-corrected chi connectivity index (χ2v) is 12.4. The Hall–Kier alpha value is 0. The quantitative estimate of drug-likeness (QED) is 0.269. The van der Waals surface area contributed by atoms with Gasteiger partial charge in [-0.25, -0.2) is 0 Å². The molecular formula is C29H58. The Balaban J connectivity index is 2.72. The molecule has 1 rings (SSSR count). The van der Waals surface area contributed by atoms with Gasteiger partial charge in [0.15, 0.2) is 0 Å². The Morgan fingerprint density at radius 1 is 0.690 bits per heavy atom. The van der Waals surface area contributed by atoms with Gasteiger partial charge in [-0.15, -0.1) is 0 Å². The van der Waals surface area contributed by atoms with Crippen molar-refractivity contribution in [2.24, 2.45) is 59.2 Å². The minimum atomic E-state index is 0.813. The summed E-state index contributed by atoms with van der Waals surface area (Å²) in [7, 11) is 0. The highest BCUT2D eigenvalue weighted by molar-refractivity contribution is 4.83. The molecule has 0 heteroatoms. The summed E-state index contributed by atoms with van der Waals surface area (Å²) < 4.78 is 0. The minimum absolute atomic E-state index is 0.813. The van der Waals surface area contributed by atoms with E-state index >= 15 is 0 Å². The summed E-state index contributed by atoms with van der Waals surface area (Å²) in [6.45, 7) is 24.7. The molecule has 0 amide bonds. The molecule has 0 aromatic rings. The van der Waals surface area contributed by atoms with E-state index in [2.05, 4.69) is 69.2 Å². The maximum Gasteiger partial charge on any atom is -0.0357 e. The van der Waals surface area contributed by atoms with E-state index in [-0.39, 0.29) is 0 Å². The lowest BCUT2D eigenvalue weighted by Crippen LogP contribution is -2.29. The molecule has 1 saturated carbocycles. The van der Waals surface area contributed by atoms with E-state index in [1.165, 1.54) is 57.8 Å². The van der Waals surface area contributed by atoms with Crippen LogP contribution < -0.4 is 0 Å². The monoisotopic (exact) mass is 406 g/mol. The molecule has 0 aromatic heterocycles. The van der Waals surface area contributed by atoms with Gasteiger partial charge in [-0.3, -0.25) is 0 Å². The van der Waals surface area contributed by atoms with Crippen LogP contribution in [0.4, 0.5) is 0 Å².